The fraction of sp³-hybridized carbons (Fsp3) is 0.462. The van der Waals surface area contributed by atoms with E-state index in [1.807, 2.05) is 6.92 Å². The summed E-state index contributed by atoms with van der Waals surface area (Å²) in [5.41, 5.74) is 0.724. The second-order valence-corrected chi connectivity index (χ2v) is 4.70. The molecule has 0 saturated carbocycles. The van der Waals surface area contributed by atoms with Crippen LogP contribution in [0, 0.1) is 5.92 Å². The number of aromatic nitrogens is 1. The molecule has 2 atom stereocenters. The Morgan fingerprint density at radius 2 is 2.37 bits per heavy atom. The van der Waals surface area contributed by atoms with Crippen molar-refractivity contribution in [2.75, 3.05) is 6.54 Å². The standard InChI is InChI=1S/C13H17N3O3/c1-8-11(3-5-14-8)12(17)16-7-10-6-9(13(18)19)2-4-15-10/h2,4,6,8,11,14H,3,5,7H2,1H3,(H,16,17)(H,18,19). The summed E-state index contributed by atoms with van der Waals surface area (Å²) in [6.07, 6.45) is 2.26. The molecule has 0 bridgehead atoms. The third-order valence-electron chi connectivity index (χ3n) is 3.37. The molecule has 3 N–H and O–H groups in total. The van der Waals surface area contributed by atoms with Crippen LogP contribution in [0.2, 0.25) is 0 Å². The van der Waals surface area contributed by atoms with Crippen LogP contribution < -0.4 is 10.6 Å². The van der Waals surface area contributed by atoms with Crippen LogP contribution in [0.3, 0.4) is 0 Å². The first-order valence-electron chi connectivity index (χ1n) is 6.27. The van der Waals surface area contributed by atoms with Crippen molar-refractivity contribution in [3.63, 3.8) is 0 Å². The lowest BCUT2D eigenvalue weighted by molar-refractivity contribution is -0.125. The molecule has 6 nitrogen and oxygen atoms in total. The van der Waals surface area contributed by atoms with Gasteiger partial charge < -0.3 is 15.7 Å². The molecule has 102 valence electrons. The van der Waals surface area contributed by atoms with Gasteiger partial charge in [0.2, 0.25) is 5.91 Å². The fourth-order valence-corrected chi connectivity index (χ4v) is 2.23. The van der Waals surface area contributed by atoms with E-state index in [9.17, 15) is 9.59 Å². The highest BCUT2D eigenvalue weighted by Crippen LogP contribution is 2.15. The van der Waals surface area contributed by atoms with Crippen LogP contribution in [0.15, 0.2) is 18.3 Å². The second-order valence-electron chi connectivity index (χ2n) is 4.70. The number of nitrogens with zero attached hydrogens (tertiary/aromatic N) is 1. The van der Waals surface area contributed by atoms with Crippen molar-refractivity contribution < 1.29 is 14.7 Å². The van der Waals surface area contributed by atoms with E-state index in [-0.39, 0.29) is 30.0 Å². The number of carbonyl (C=O) groups excluding carboxylic acids is 1. The molecule has 1 aliphatic heterocycles. The molecule has 1 aliphatic rings. The number of nitrogens with one attached hydrogen (secondary N) is 2. The van der Waals surface area contributed by atoms with Gasteiger partial charge in [-0.3, -0.25) is 9.78 Å². The first kappa shape index (κ1) is 13.5. The average Bonchev–Trinajstić information content (AvgIpc) is 2.82. The first-order valence-corrected chi connectivity index (χ1v) is 6.27. The number of hydrogen-bond donors (Lipinski definition) is 3. The maximum Gasteiger partial charge on any atom is 0.335 e. The van der Waals surface area contributed by atoms with Gasteiger partial charge in [-0.2, -0.15) is 0 Å². The molecule has 1 aromatic rings. The summed E-state index contributed by atoms with van der Waals surface area (Å²) in [4.78, 5) is 26.8. The van der Waals surface area contributed by atoms with E-state index >= 15 is 0 Å². The largest absolute Gasteiger partial charge is 0.478 e. The van der Waals surface area contributed by atoms with Crippen LogP contribution in [-0.4, -0.2) is 34.6 Å². The Morgan fingerprint density at radius 1 is 1.58 bits per heavy atom. The van der Waals surface area contributed by atoms with Crippen LogP contribution in [0.4, 0.5) is 0 Å². The van der Waals surface area contributed by atoms with Gasteiger partial charge in [-0.15, -0.1) is 0 Å². The third-order valence-corrected chi connectivity index (χ3v) is 3.37. The average molecular weight is 263 g/mol. The molecule has 2 heterocycles. The minimum Gasteiger partial charge on any atom is -0.478 e. The highest BCUT2D eigenvalue weighted by Gasteiger charge is 2.29. The molecular weight excluding hydrogens is 246 g/mol. The Bertz CT molecular complexity index is 490. The molecular formula is C13H17N3O3. The predicted molar refractivity (Wildman–Crippen MR) is 68.6 cm³/mol. The number of carbonyl (C=O) groups is 2. The highest BCUT2D eigenvalue weighted by molar-refractivity contribution is 5.87. The maximum absolute atomic E-state index is 12.0. The fourth-order valence-electron chi connectivity index (χ4n) is 2.23. The van der Waals surface area contributed by atoms with E-state index in [2.05, 4.69) is 15.6 Å². The van der Waals surface area contributed by atoms with E-state index in [4.69, 9.17) is 5.11 Å². The second kappa shape index (κ2) is 5.79. The summed E-state index contributed by atoms with van der Waals surface area (Å²) < 4.78 is 0. The van der Waals surface area contributed by atoms with Gasteiger partial charge in [0.05, 0.1) is 23.7 Å². The summed E-state index contributed by atoms with van der Waals surface area (Å²) in [6, 6.07) is 3.08. The molecule has 1 fully saturated rings. The summed E-state index contributed by atoms with van der Waals surface area (Å²) in [5.74, 6) is -1.04. The lowest BCUT2D eigenvalue weighted by Crippen LogP contribution is -2.36. The van der Waals surface area contributed by atoms with Crippen LogP contribution in [0.5, 0.6) is 0 Å². The van der Waals surface area contributed by atoms with Crippen molar-refractivity contribution in [3.05, 3.63) is 29.6 Å². The van der Waals surface area contributed by atoms with Crippen molar-refractivity contribution in [1.29, 1.82) is 0 Å². The summed E-state index contributed by atoms with van der Waals surface area (Å²) >= 11 is 0. The first-order chi connectivity index (χ1) is 9.08. The number of carboxylic acid groups (broad SMARTS) is 1. The van der Waals surface area contributed by atoms with Gasteiger partial charge >= 0.3 is 5.97 Å². The Labute approximate surface area is 111 Å². The van der Waals surface area contributed by atoms with Gasteiger partial charge in [-0.1, -0.05) is 0 Å². The Balaban J connectivity index is 1.93. The monoisotopic (exact) mass is 263 g/mol. The van der Waals surface area contributed by atoms with Crippen molar-refractivity contribution in [1.82, 2.24) is 15.6 Å². The normalized spacial score (nSPS) is 22.2. The van der Waals surface area contributed by atoms with Crippen LogP contribution >= 0.6 is 0 Å². The van der Waals surface area contributed by atoms with Gasteiger partial charge in [0.25, 0.3) is 0 Å². The lowest BCUT2D eigenvalue weighted by atomic mass is 10.0. The molecule has 1 aromatic heterocycles. The minimum atomic E-state index is -0.997. The van der Waals surface area contributed by atoms with Crippen molar-refractivity contribution in [2.45, 2.75) is 25.9 Å². The van der Waals surface area contributed by atoms with E-state index in [0.717, 1.165) is 13.0 Å². The van der Waals surface area contributed by atoms with Gasteiger partial charge in [-0.25, -0.2) is 4.79 Å². The zero-order valence-corrected chi connectivity index (χ0v) is 10.7. The maximum atomic E-state index is 12.0. The van der Waals surface area contributed by atoms with Gasteiger partial charge in [-0.05, 0) is 32.0 Å². The number of carboxylic acids is 1. The molecule has 0 spiro atoms. The lowest BCUT2D eigenvalue weighted by Gasteiger charge is -2.14. The van der Waals surface area contributed by atoms with Crippen molar-refractivity contribution in [2.24, 2.45) is 5.92 Å². The molecule has 2 unspecified atom stereocenters. The molecule has 1 amide bonds. The van der Waals surface area contributed by atoms with Crippen molar-refractivity contribution in [3.8, 4) is 0 Å². The highest BCUT2D eigenvalue weighted by atomic mass is 16.4. The minimum absolute atomic E-state index is 0.0139. The van der Waals surface area contributed by atoms with Crippen molar-refractivity contribution >= 4 is 11.9 Å². The number of aromatic carboxylic acids is 1. The van der Waals surface area contributed by atoms with Crippen LogP contribution in [0.1, 0.15) is 29.4 Å². The Morgan fingerprint density at radius 3 is 3.00 bits per heavy atom. The SMILES string of the molecule is CC1NCCC1C(=O)NCc1cc(C(=O)O)ccn1. The number of hydrogen-bond acceptors (Lipinski definition) is 4. The molecule has 6 heteroatoms. The molecule has 19 heavy (non-hydrogen) atoms. The van der Waals surface area contributed by atoms with E-state index in [1.54, 1.807) is 0 Å². The van der Waals surface area contributed by atoms with Gasteiger partial charge in [0.1, 0.15) is 0 Å². The van der Waals surface area contributed by atoms with Crippen LogP contribution in [0.25, 0.3) is 0 Å². The molecule has 0 aliphatic carbocycles. The molecule has 2 rings (SSSR count). The summed E-state index contributed by atoms with van der Waals surface area (Å²) in [6.45, 7) is 3.09. The summed E-state index contributed by atoms with van der Waals surface area (Å²) in [5, 5.41) is 14.9. The van der Waals surface area contributed by atoms with Crippen LogP contribution in [-0.2, 0) is 11.3 Å². The number of pyridine rings is 1. The Hall–Kier alpha value is -1.95. The van der Waals surface area contributed by atoms with E-state index in [0.29, 0.717) is 5.69 Å². The third kappa shape index (κ3) is 3.29. The van der Waals surface area contributed by atoms with Gasteiger partial charge in [0.15, 0.2) is 0 Å². The van der Waals surface area contributed by atoms with E-state index in [1.165, 1.54) is 18.3 Å². The summed E-state index contributed by atoms with van der Waals surface area (Å²) in [7, 11) is 0. The Kier molecular flexibility index (Phi) is 4.11. The zero-order valence-electron chi connectivity index (χ0n) is 10.7. The molecule has 0 aromatic carbocycles. The topological polar surface area (TPSA) is 91.3 Å². The number of rotatable bonds is 4. The quantitative estimate of drug-likeness (QED) is 0.731. The van der Waals surface area contributed by atoms with E-state index < -0.39 is 5.97 Å². The zero-order chi connectivity index (χ0) is 13.8. The smallest absolute Gasteiger partial charge is 0.335 e. The molecule has 1 saturated heterocycles. The van der Waals surface area contributed by atoms with Gasteiger partial charge in [0, 0.05) is 12.2 Å². The predicted octanol–water partition coefficient (Wildman–Crippen LogP) is 0.394. The molecule has 0 radical (unpaired) electrons. The number of amides is 1.